The van der Waals surface area contributed by atoms with Gasteiger partial charge in [-0.05, 0) is 33.1 Å². The number of methoxy groups -OCH3 is 1. The van der Waals surface area contributed by atoms with E-state index >= 15 is 0 Å². The molecule has 1 saturated heterocycles. The molecule has 1 unspecified atom stereocenters. The lowest BCUT2D eigenvalue weighted by Crippen LogP contribution is -2.48. The Hall–Kier alpha value is -1.36. The molecular weight excluding hydrogens is 252 g/mol. The molecule has 1 aliphatic heterocycles. The monoisotopic (exact) mass is 278 g/mol. The van der Waals surface area contributed by atoms with E-state index < -0.39 is 0 Å². The molecule has 2 rings (SSSR count). The first-order chi connectivity index (χ1) is 9.49. The molecule has 1 aliphatic rings. The number of piperidine rings is 1. The van der Waals surface area contributed by atoms with Gasteiger partial charge in [0.15, 0.2) is 0 Å². The van der Waals surface area contributed by atoms with Crippen LogP contribution in [0.4, 0.5) is 11.6 Å². The lowest BCUT2D eigenvalue weighted by molar-refractivity contribution is -0.00484. The number of anilines is 2. The highest BCUT2D eigenvalue weighted by atomic mass is 16.5. The second-order valence-electron chi connectivity index (χ2n) is 5.90. The third-order valence-electron chi connectivity index (χ3n) is 4.13. The van der Waals surface area contributed by atoms with Crippen LogP contribution in [-0.2, 0) is 11.2 Å². The van der Waals surface area contributed by atoms with Crippen LogP contribution in [0.15, 0.2) is 0 Å². The average molecular weight is 278 g/mol. The molecule has 1 atom stereocenters. The predicted octanol–water partition coefficient (Wildman–Crippen LogP) is 2.33. The molecule has 1 aromatic rings. The molecule has 0 amide bonds. The van der Waals surface area contributed by atoms with Gasteiger partial charge in [-0.2, -0.15) is 0 Å². The molecule has 2 N–H and O–H groups in total. The first-order valence-corrected chi connectivity index (χ1v) is 7.42. The lowest BCUT2D eigenvalue weighted by Gasteiger charge is -2.40. The molecule has 5 nitrogen and oxygen atoms in total. The Balaban J connectivity index is 2.31. The van der Waals surface area contributed by atoms with Gasteiger partial charge in [0.2, 0.25) is 0 Å². The van der Waals surface area contributed by atoms with E-state index in [0.29, 0.717) is 5.82 Å². The minimum Gasteiger partial charge on any atom is -0.383 e. The van der Waals surface area contributed by atoms with Crippen molar-refractivity contribution in [1.29, 1.82) is 0 Å². The van der Waals surface area contributed by atoms with Crippen LogP contribution in [0.5, 0.6) is 0 Å². The summed E-state index contributed by atoms with van der Waals surface area (Å²) in [5, 5.41) is 0. The van der Waals surface area contributed by atoms with Gasteiger partial charge in [-0.3, -0.25) is 0 Å². The Labute approximate surface area is 121 Å². The Morgan fingerprint density at radius 2 is 2.15 bits per heavy atom. The van der Waals surface area contributed by atoms with Crippen LogP contribution in [0.1, 0.15) is 44.5 Å². The summed E-state index contributed by atoms with van der Waals surface area (Å²) in [6.07, 6.45) is 4.09. The SMILES string of the molecule is CCCc1nc(N)c(C)c(N2CCCC(C)(OC)C2)n1. The highest BCUT2D eigenvalue weighted by Gasteiger charge is 2.32. The molecule has 0 bridgehead atoms. The Kier molecular flexibility index (Phi) is 4.48. The summed E-state index contributed by atoms with van der Waals surface area (Å²) >= 11 is 0. The number of aryl methyl sites for hydroxylation is 1. The van der Waals surface area contributed by atoms with Gasteiger partial charge in [0.1, 0.15) is 17.5 Å². The van der Waals surface area contributed by atoms with E-state index in [-0.39, 0.29) is 5.60 Å². The van der Waals surface area contributed by atoms with E-state index in [1.54, 1.807) is 7.11 Å². The summed E-state index contributed by atoms with van der Waals surface area (Å²) in [7, 11) is 1.78. The number of nitrogen functional groups attached to an aromatic ring is 1. The van der Waals surface area contributed by atoms with Gasteiger partial charge in [0, 0.05) is 32.2 Å². The highest BCUT2D eigenvalue weighted by Crippen LogP contribution is 2.30. The summed E-state index contributed by atoms with van der Waals surface area (Å²) in [5.41, 5.74) is 6.92. The van der Waals surface area contributed by atoms with Crippen molar-refractivity contribution in [3.63, 3.8) is 0 Å². The predicted molar refractivity (Wildman–Crippen MR) is 82.0 cm³/mol. The Morgan fingerprint density at radius 3 is 2.80 bits per heavy atom. The fraction of sp³-hybridized carbons (Fsp3) is 0.733. The van der Waals surface area contributed by atoms with E-state index in [1.165, 1.54) is 0 Å². The third-order valence-corrected chi connectivity index (χ3v) is 4.13. The molecule has 1 fully saturated rings. The number of nitrogens with two attached hydrogens (primary N) is 1. The van der Waals surface area contributed by atoms with E-state index in [4.69, 9.17) is 15.5 Å². The number of aromatic nitrogens is 2. The minimum atomic E-state index is -0.102. The van der Waals surface area contributed by atoms with Crippen LogP contribution in [-0.4, -0.2) is 35.8 Å². The first kappa shape index (κ1) is 15.0. The molecule has 2 heterocycles. The van der Waals surface area contributed by atoms with Crippen molar-refractivity contribution in [3.8, 4) is 0 Å². The fourth-order valence-electron chi connectivity index (χ4n) is 2.76. The molecule has 0 saturated carbocycles. The molecule has 0 spiro atoms. The van der Waals surface area contributed by atoms with Crippen molar-refractivity contribution in [2.24, 2.45) is 0 Å². The quantitative estimate of drug-likeness (QED) is 0.915. The van der Waals surface area contributed by atoms with Gasteiger partial charge in [0.05, 0.1) is 5.60 Å². The summed E-state index contributed by atoms with van der Waals surface area (Å²) in [6.45, 7) is 8.14. The maximum atomic E-state index is 6.05. The van der Waals surface area contributed by atoms with E-state index in [0.717, 1.165) is 56.0 Å². The number of hydrogen-bond donors (Lipinski definition) is 1. The maximum absolute atomic E-state index is 6.05. The molecular formula is C15H26N4O. The van der Waals surface area contributed by atoms with Gasteiger partial charge in [-0.1, -0.05) is 6.92 Å². The Bertz CT molecular complexity index is 477. The topological polar surface area (TPSA) is 64.3 Å². The molecule has 112 valence electrons. The summed E-state index contributed by atoms with van der Waals surface area (Å²) in [6, 6.07) is 0. The van der Waals surface area contributed by atoms with Gasteiger partial charge in [-0.25, -0.2) is 9.97 Å². The summed E-state index contributed by atoms with van der Waals surface area (Å²) in [5.74, 6) is 2.42. The molecule has 5 heteroatoms. The van der Waals surface area contributed by atoms with E-state index in [9.17, 15) is 0 Å². The van der Waals surface area contributed by atoms with Crippen LogP contribution < -0.4 is 10.6 Å². The fourth-order valence-corrected chi connectivity index (χ4v) is 2.76. The van der Waals surface area contributed by atoms with Crippen molar-refractivity contribution in [2.75, 3.05) is 30.8 Å². The van der Waals surface area contributed by atoms with E-state index in [2.05, 4.69) is 23.7 Å². The summed E-state index contributed by atoms with van der Waals surface area (Å²) < 4.78 is 5.66. The largest absolute Gasteiger partial charge is 0.383 e. The molecule has 0 aliphatic carbocycles. The number of nitrogens with zero attached hydrogens (tertiary/aromatic N) is 3. The van der Waals surface area contributed by atoms with Crippen molar-refractivity contribution in [1.82, 2.24) is 9.97 Å². The molecule has 0 radical (unpaired) electrons. The van der Waals surface area contributed by atoms with Crippen LogP contribution >= 0.6 is 0 Å². The zero-order valence-corrected chi connectivity index (χ0v) is 13.1. The van der Waals surface area contributed by atoms with Crippen LogP contribution in [0.25, 0.3) is 0 Å². The van der Waals surface area contributed by atoms with Crippen LogP contribution in [0.2, 0.25) is 0 Å². The van der Waals surface area contributed by atoms with Gasteiger partial charge >= 0.3 is 0 Å². The number of ether oxygens (including phenoxy) is 1. The minimum absolute atomic E-state index is 0.102. The maximum Gasteiger partial charge on any atom is 0.137 e. The Morgan fingerprint density at radius 1 is 1.40 bits per heavy atom. The molecule has 1 aromatic heterocycles. The average Bonchev–Trinajstić information content (AvgIpc) is 2.43. The van der Waals surface area contributed by atoms with Crippen molar-refractivity contribution in [2.45, 2.75) is 52.1 Å². The van der Waals surface area contributed by atoms with Crippen LogP contribution in [0, 0.1) is 6.92 Å². The normalized spacial score (nSPS) is 23.1. The third kappa shape index (κ3) is 3.03. The van der Waals surface area contributed by atoms with E-state index in [1.807, 2.05) is 6.92 Å². The van der Waals surface area contributed by atoms with Gasteiger partial charge in [-0.15, -0.1) is 0 Å². The zero-order valence-electron chi connectivity index (χ0n) is 13.1. The van der Waals surface area contributed by atoms with Gasteiger partial charge < -0.3 is 15.4 Å². The number of hydrogen-bond acceptors (Lipinski definition) is 5. The van der Waals surface area contributed by atoms with Crippen molar-refractivity contribution < 1.29 is 4.74 Å². The second-order valence-corrected chi connectivity index (χ2v) is 5.90. The molecule has 20 heavy (non-hydrogen) atoms. The second kappa shape index (κ2) is 5.95. The smallest absolute Gasteiger partial charge is 0.137 e. The van der Waals surface area contributed by atoms with Crippen LogP contribution in [0.3, 0.4) is 0 Å². The van der Waals surface area contributed by atoms with Crippen molar-refractivity contribution >= 4 is 11.6 Å². The molecule has 0 aromatic carbocycles. The zero-order chi connectivity index (χ0) is 14.8. The van der Waals surface area contributed by atoms with Crippen molar-refractivity contribution in [3.05, 3.63) is 11.4 Å². The highest BCUT2D eigenvalue weighted by molar-refractivity contribution is 5.57. The summed E-state index contributed by atoms with van der Waals surface area (Å²) in [4.78, 5) is 11.4. The lowest BCUT2D eigenvalue weighted by atomic mass is 9.94. The standard InChI is InChI=1S/C15H26N4O/c1-5-7-12-17-13(16)11(2)14(18-12)19-9-6-8-15(3,10-19)20-4/h5-10H2,1-4H3,(H2,16,17,18). The van der Waals surface area contributed by atoms with Gasteiger partial charge in [0.25, 0.3) is 0 Å². The number of rotatable bonds is 4. The first-order valence-electron chi connectivity index (χ1n) is 7.42.